The zero-order valence-electron chi connectivity index (χ0n) is 17.5. The molecule has 0 unspecified atom stereocenters. The van der Waals surface area contributed by atoms with Crippen LogP contribution in [-0.4, -0.2) is 56.9 Å². The first-order chi connectivity index (χ1) is 14.4. The second-order valence-corrected chi connectivity index (χ2v) is 7.21. The summed E-state index contributed by atoms with van der Waals surface area (Å²) in [5, 5.41) is 39.7. The van der Waals surface area contributed by atoms with Crippen LogP contribution in [0, 0.1) is 0 Å². The third-order valence-corrected chi connectivity index (χ3v) is 4.37. The first-order valence-electron chi connectivity index (χ1n) is 10.3. The van der Waals surface area contributed by atoms with Gasteiger partial charge in [-0.2, -0.15) is 0 Å². The molecule has 1 rings (SSSR count). The summed E-state index contributed by atoms with van der Waals surface area (Å²) in [5.41, 5.74) is 0. The van der Waals surface area contributed by atoms with Crippen molar-refractivity contribution in [2.75, 3.05) is 0 Å². The van der Waals surface area contributed by atoms with Crippen molar-refractivity contribution in [3.05, 3.63) is 72.9 Å². The Bertz CT molecular complexity index is 659. The third-order valence-electron chi connectivity index (χ3n) is 4.37. The average molecular weight is 419 g/mol. The average Bonchev–Trinajstić information content (AvgIpc) is 2.69. The number of hydrogen-bond acceptors (Lipinski definition) is 6. The van der Waals surface area contributed by atoms with E-state index in [0.29, 0.717) is 6.42 Å². The van der Waals surface area contributed by atoms with Gasteiger partial charge in [-0.15, -0.1) is 0 Å². The largest absolute Gasteiger partial charge is 0.460 e. The van der Waals surface area contributed by atoms with Crippen molar-refractivity contribution >= 4 is 5.97 Å². The summed E-state index contributed by atoms with van der Waals surface area (Å²) in [6.45, 7) is 1.85. The maximum absolute atomic E-state index is 11.8. The molecular weight excluding hydrogens is 384 g/mol. The summed E-state index contributed by atoms with van der Waals surface area (Å²) >= 11 is 0. The van der Waals surface area contributed by atoms with Gasteiger partial charge in [0.1, 0.15) is 0 Å². The van der Waals surface area contributed by atoms with Crippen LogP contribution in [0.1, 0.15) is 39.0 Å². The number of aliphatic hydroxyl groups excluding tert-OH is 4. The van der Waals surface area contributed by atoms with Gasteiger partial charge in [0.05, 0.1) is 30.5 Å². The van der Waals surface area contributed by atoms with Crippen LogP contribution in [0.5, 0.6) is 0 Å². The molecule has 0 saturated heterocycles. The fraction of sp³-hybridized carbons (Fsp3) is 0.458. The van der Waals surface area contributed by atoms with Gasteiger partial charge in [0, 0.05) is 12.5 Å². The van der Waals surface area contributed by atoms with Gasteiger partial charge in [0.15, 0.2) is 0 Å². The number of cyclic esters (lactones) is 1. The molecule has 1 aliphatic rings. The summed E-state index contributed by atoms with van der Waals surface area (Å²) < 4.78 is 5.30. The second-order valence-electron chi connectivity index (χ2n) is 7.21. The first-order valence-corrected chi connectivity index (χ1v) is 10.3. The number of aliphatic hydroxyl groups is 4. The van der Waals surface area contributed by atoms with E-state index < -0.39 is 30.4 Å². The molecule has 0 spiro atoms. The SMILES string of the molecule is C[C@@H]1CCCC=CC=C[C@H](O)C[C@@H](O)[C@H](O)C=CC=C[C@H](O)CC=CC=CC(=O)O1. The number of esters is 1. The fourth-order valence-electron chi connectivity index (χ4n) is 2.66. The first kappa shape index (κ1) is 25.8. The van der Waals surface area contributed by atoms with E-state index in [9.17, 15) is 25.2 Å². The Kier molecular flexibility index (Phi) is 13.4. The minimum Gasteiger partial charge on any atom is -0.460 e. The molecule has 0 radical (unpaired) electrons. The Morgan fingerprint density at radius 3 is 2.33 bits per heavy atom. The highest BCUT2D eigenvalue weighted by Crippen LogP contribution is 2.08. The van der Waals surface area contributed by atoms with Gasteiger partial charge >= 0.3 is 5.97 Å². The predicted molar refractivity (Wildman–Crippen MR) is 118 cm³/mol. The van der Waals surface area contributed by atoms with Crippen molar-refractivity contribution in [2.45, 2.75) is 69.5 Å². The molecule has 4 N–H and O–H groups in total. The van der Waals surface area contributed by atoms with Crippen molar-refractivity contribution in [2.24, 2.45) is 0 Å². The molecule has 6 heteroatoms. The van der Waals surface area contributed by atoms with Crippen LogP contribution in [0.15, 0.2) is 72.9 Å². The number of carbonyl (C=O) groups excluding carboxylic acids is 1. The maximum atomic E-state index is 11.8. The van der Waals surface area contributed by atoms with Crippen molar-refractivity contribution in [3.63, 3.8) is 0 Å². The van der Waals surface area contributed by atoms with Gasteiger partial charge in [0.25, 0.3) is 0 Å². The molecule has 0 bridgehead atoms. The lowest BCUT2D eigenvalue weighted by molar-refractivity contribution is -0.142. The molecule has 0 aromatic rings. The molecule has 6 nitrogen and oxygen atoms in total. The molecule has 0 fully saturated rings. The van der Waals surface area contributed by atoms with E-state index in [4.69, 9.17) is 4.74 Å². The second kappa shape index (κ2) is 15.6. The van der Waals surface area contributed by atoms with Gasteiger partial charge in [-0.1, -0.05) is 66.8 Å². The van der Waals surface area contributed by atoms with Crippen LogP contribution in [0.25, 0.3) is 0 Å². The lowest BCUT2D eigenvalue weighted by Crippen LogP contribution is -2.27. The molecule has 5 atom stereocenters. The lowest BCUT2D eigenvalue weighted by atomic mass is 10.1. The highest BCUT2D eigenvalue weighted by molar-refractivity contribution is 5.82. The number of ether oxygens (including phenoxy) is 1. The van der Waals surface area contributed by atoms with E-state index in [-0.39, 0.29) is 12.5 Å². The van der Waals surface area contributed by atoms with Crippen LogP contribution in [0.4, 0.5) is 0 Å². The Labute approximate surface area is 178 Å². The minimum absolute atomic E-state index is 0.00335. The quantitative estimate of drug-likeness (QED) is 0.451. The van der Waals surface area contributed by atoms with Crippen LogP contribution in [-0.2, 0) is 9.53 Å². The van der Waals surface area contributed by atoms with E-state index >= 15 is 0 Å². The molecule has 30 heavy (non-hydrogen) atoms. The number of carbonyl (C=O) groups is 1. The lowest BCUT2D eigenvalue weighted by Gasteiger charge is -2.16. The molecule has 0 amide bonds. The van der Waals surface area contributed by atoms with E-state index in [1.54, 1.807) is 42.5 Å². The van der Waals surface area contributed by atoms with Gasteiger partial charge in [0.2, 0.25) is 0 Å². The summed E-state index contributed by atoms with van der Waals surface area (Å²) in [6.07, 6.45) is 18.1. The Morgan fingerprint density at radius 1 is 0.867 bits per heavy atom. The maximum Gasteiger partial charge on any atom is 0.331 e. The summed E-state index contributed by atoms with van der Waals surface area (Å²) in [6, 6.07) is 0. The van der Waals surface area contributed by atoms with Gasteiger partial charge in [-0.05, 0) is 32.6 Å². The molecule has 0 aromatic heterocycles. The molecule has 1 heterocycles. The van der Waals surface area contributed by atoms with Gasteiger partial charge in [-0.3, -0.25) is 0 Å². The van der Waals surface area contributed by atoms with Crippen molar-refractivity contribution in [1.29, 1.82) is 0 Å². The number of hydrogen-bond donors (Lipinski definition) is 4. The molecular formula is C24H34O6. The Hall–Kier alpha value is -2.25. The fourth-order valence-corrected chi connectivity index (χ4v) is 2.66. The number of allylic oxidation sites excluding steroid dienone is 7. The summed E-state index contributed by atoms with van der Waals surface area (Å²) in [5.74, 6) is -0.402. The van der Waals surface area contributed by atoms with E-state index in [2.05, 4.69) is 0 Å². The molecule has 0 aliphatic carbocycles. The summed E-state index contributed by atoms with van der Waals surface area (Å²) in [7, 11) is 0. The van der Waals surface area contributed by atoms with Gasteiger partial charge in [-0.25, -0.2) is 4.79 Å². The zero-order valence-corrected chi connectivity index (χ0v) is 17.5. The van der Waals surface area contributed by atoms with E-state index in [1.807, 2.05) is 19.1 Å². The van der Waals surface area contributed by atoms with Crippen molar-refractivity contribution in [3.8, 4) is 0 Å². The normalized spacial score (nSPS) is 30.7. The highest BCUT2D eigenvalue weighted by Gasteiger charge is 2.16. The third kappa shape index (κ3) is 13.1. The highest BCUT2D eigenvalue weighted by atomic mass is 16.5. The molecule has 166 valence electrons. The van der Waals surface area contributed by atoms with Crippen LogP contribution >= 0.6 is 0 Å². The Balaban J connectivity index is 2.73. The van der Waals surface area contributed by atoms with Crippen molar-refractivity contribution < 1.29 is 30.0 Å². The monoisotopic (exact) mass is 418 g/mol. The molecule has 1 aliphatic heterocycles. The topological polar surface area (TPSA) is 107 Å². The van der Waals surface area contributed by atoms with E-state index in [1.165, 1.54) is 18.2 Å². The van der Waals surface area contributed by atoms with E-state index in [0.717, 1.165) is 19.3 Å². The summed E-state index contributed by atoms with van der Waals surface area (Å²) in [4.78, 5) is 11.8. The Morgan fingerprint density at radius 2 is 1.53 bits per heavy atom. The zero-order chi connectivity index (χ0) is 22.2. The van der Waals surface area contributed by atoms with Crippen molar-refractivity contribution in [1.82, 2.24) is 0 Å². The number of rotatable bonds is 0. The standard InChI is InChI=1S/C24H34O6/c1-19-12-6-3-2-4-7-15-21(26)18-23(28)22(27)16-11-10-14-20(25)13-8-5-9-17-24(29)30-19/h2,4-5,7-11,14-17,19-23,25-28H,3,6,12-13,18H2,1H3/t19-,20-,21+,22-,23-/m1/s1. The smallest absolute Gasteiger partial charge is 0.331 e. The molecule has 0 saturated carbocycles. The van der Waals surface area contributed by atoms with Crippen LogP contribution in [0.2, 0.25) is 0 Å². The van der Waals surface area contributed by atoms with Crippen LogP contribution < -0.4 is 0 Å². The van der Waals surface area contributed by atoms with Crippen LogP contribution in [0.3, 0.4) is 0 Å². The minimum atomic E-state index is -1.12. The predicted octanol–water partition coefficient (Wildman–Crippen LogP) is 2.66. The van der Waals surface area contributed by atoms with Gasteiger partial charge < -0.3 is 25.2 Å². The molecule has 0 aromatic carbocycles.